The molecule has 0 spiro atoms. The Morgan fingerprint density at radius 1 is 1.11 bits per heavy atom. The number of ether oxygens (including phenoxy) is 1. The number of aromatic nitrogens is 1. The molecule has 0 aliphatic heterocycles. The average Bonchev–Trinajstić information content (AvgIpc) is 3.33. The number of aliphatic imine (C=N–C) groups is 1. The van der Waals surface area contributed by atoms with Gasteiger partial charge in [-0.1, -0.05) is 0 Å². The second kappa shape index (κ2) is 11.4. The third-order valence-corrected chi connectivity index (χ3v) is 6.10. The molecule has 0 saturated heterocycles. The molecule has 2 heterocycles. The number of thiazole rings is 1. The summed E-state index contributed by atoms with van der Waals surface area (Å²) in [5.74, 6) is 1.68. The van der Waals surface area contributed by atoms with Gasteiger partial charge >= 0.3 is 0 Å². The molecule has 0 aliphatic carbocycles. The number of methoxy groups -OCH3 is 1. The van der Waals surface area contributed by atoms with Gasteiger partial charge in [0.05, 0.1) is 18.7 Å². The van der Waals surface area contributed by atoms with Crippen molar-refractivity contribution >= 4 is 52.6 Å². The fraction of sp³-hybridized carbons (Fsp3) is 0.300. The van der Waals surface area contributed by atoms with E-state index in [1.54, 1.807) is 36.8 Å². The Morgan fingerprint density at radius 2 is 1.89 bits per heavy atom. The quantitative estimate of drug-likeness (QED) is 0.265. The van der Waals surface area contributed by atoms with Crippen molar-refractivity contribution < 1.29 is 4.74 Å². The summed E-state index contributed by atoms with van der Waals surface area (Å²) in [4.78, 5) is 12.4. The van der Waals surface area contributed by atoms with Crippen LogP contribution in [0.3, 0.4) is 0 Å². The summed E-state index contributed by atoms with van der Waals surface area (Å²) < 4.78 is 5.22. The summed E-state index contributed by atoms with van der Waals surface area (Å²) >= 11 is 3.52. The molecule has 0 unspecified atom stereocenters. The van der Waals surface area contributed by atoms with Gasteiger partial charge in [-0.2, -0.15) is 0 Å². The fourth-order valence-electron chi connectivity index (χ4n) is 2.58. The number of aryl methyl sites for hydroxylation is 1. The van der Waals surface area contributed by atoms with Crippen molar-refractivity contribution in [3.05, 3.63) is 57.4 Å². The van der Waals surface area contributed by atoms with Crippen LogP contribution in [0, 0.1) is 6.92 Å². The van der Waals surface area contributed by atoms with Crippen molar-refractivity contribution in [2.75, 3.05) is 20.7 Å². The molecule has 8 heteroatoms. The van der Waals surface area contributed by atoms with E-state index in [1.165, 1.54) is 20.2 Å². The molecule has 0 aliphatic rings. The van der Waals surface area contributed by atoms with E-state index in [4.69, 9.17) is 4.74 Å². The number of guanidine groups is 1. The summed E-state index contributed by atoms with van der Waals surface area (Å²) in [6.45, 7) is 3.64. The van der Waals surface area contributed by atoms with E-state index in [-0.39, 0.29) is 24.0 Å². The molecule has 0 radical (unpaired) electrons. The first-order valence-electron chi connectivity index (χ1n) is 8.77. The largest absolute Gasteiger partial charge is 0.497 e. The highest BCUT2D eigenvalue weighted by atomic mass is 127. The lowest BCUT2D eigenvalue weighted by Crippen LogP contribution is -2.37. The SMILES string of the molecule is CN=C(NCCc1ncc(C)s1)NCc1ccc(-c2ccc(OC)cc2)s1.I. The Balaban J connectivity index is 0.00000280. The van der Waals surface area contributed by atoms with Crippen molar-refractivity contribution in [3.8, 4) is 16.2 Å². The number of benzene rings is 1. The lowest BCUT2D eigenvalue weighted by Gasteiger charge is -2.10. The lowest BCUT2D eigenvalue weighted by molar-refractivity contribution is 0.415. The molecule has 0 saturated carbocycles. The van der Waals surface area contributed by atoms with Crippen LogP contribution in [0.1, 0.15) is 14.8 Å². The van der Waals surface area contributed by atoms with Gasteiger partial charge in [0, 0.05) is 40.8 Å². The summed E-state index contributed by atoms with van der Waals surface area (Å²) in [5, 5.41) is 7.87. The fourth-order valence-corrected chi connectivity index (χ4v) is 4.32. The van der Waals surface area contributed by atoms with Crippen LogP contribution in [0.25, 0.3) is 10.4 Å². The summed E-state index contributed by atoms with van der Waals surface area (Å²) in [7, 11) is 3.48. The second-order valence-corrected chi connectivity index (χ2v) is 8.45. The minimum absolute atomic E-state index is 0. The Hall–Kier alpha value is -1.65. The van der Waals surface area contributed by atoms with Gasteiger partial charge in [-0.15, -0.1) is 46.7 Å². The van der Waals surface area contributed by atoms with Gasteiger partial charge in [-0.05, 0) is 48.9 Å². The van der Waals surface area contributed by atoms with E-state index in [9.17, 15) is 0 Å². The second-order valence-electron chi connectivity index (χ2n) is 5.96. The first kappa shape index (κ1) is 22.6. The van der Waals surface area contributed by atoms with E-state index in [2.05, 4.69) is 51.8 Å². The van der Waals surface area contributed by atoms with Crippen LogP contribution >= 0.6 is 46.7 Å². The Labute approximate surface area is 191 Å². The summed E-state index contributed by atoms with van der Waals surface area (Å²) in [6, 6.07) is 12.5. The number of thiophene rings is 1. The van der Waals surface area contributed by atoms with Crippen LogP contribution in [-0.4, -0.2) is 31.6 Å². The van der Waals surface area contributed by atoms with Crippen molar-refractivity contribution in [2.24, 2.45) is 4.99 Å². The maximum atomic E-state index is 5.22. The molecule has 3 rings (SSSR count). The van der Waals surface area contributed by atoms with E-state index in [0.29, 0.717) is 0 Å². The number of hydrogen-bond acceptors (Lipinski definition) is 5. The van der Waals surface area contributed by atoms with Crippen molar-refractivity contribution in [2.45, 2.75) is 19.9 Å². The molecule has 0 fully saturated rings. The molecule has 0 amide bonds. The maximum absolute atomic E-state index is 5.22. The highest BCUT2D eigenvalue weighted by Gasteiger charge is 2.05. The van der Waals surface area contributed by atoms with Crippen LogP contribution < -0.4 is 15.4 Å². The molecule has 5 nitrogen and oxygen atoms in total. The van der Waals surface area contributed by atoms with E-state index in [1.807, 2.05) is 18.3 Å². The molecule has 1 aromatic carbocycles. The van der Waals surface area contributed by atoms with E-state index < -0.39 is 0 Å². The van der Waals surface area contributed by atoms with Gasteiger partial charge in [0.2, 0.25) is 0 Å². The molecule has 2 aromatic heterocycles. The standard InChI is InChI=1S/C20H24N4OS2.HI/c1-14-12-23-19(26-14)10-11-22-20(21-2)24-13-17-8-9-18(27-17)15-4-6-16(25-3)7-5-15;/h4-9,12H,10-11,13H2,1-3H3,(H2,21,22,24);1H. The van der Waals surface area contributed by atoms with Crippen molar-refractivity contribution in [1.29, 1.82) is 0 Å². The van der Waals surface area contributed by atoms with Gasteiger partial charge in [0.1, 0.15) is 5.75 Å². The molecule has 3 aromatic rings. The van der Waals surface area contributed by atoms with Gasteiger partial charge in [0.25, 0.3) is 0 Å². The Bertz CT molecular complexity index is 890. The predicted molar refractivity (Wildman–Crippen MR) is 130 cm³/mol. The summed E-state index contributed by atoms with van der Waals surface area (Å²) in [6.07, 6.45) is 2.82. The first-order valence-corrected chi connectivity index (χ1v) is 10.4. The van der Waals surface area contributed by atoms with E-state index in [0.717, 1.165) is 36.2 Å². The first-order chi connectivity index (χ1) is 13.2. The van der Waals surface area contributed by atoms with Crippen molar-refractivity contribution in [1.82, 2.24) is 15.6 Å². The summed E-state index contributed by atoms with van der Waals surface area (Å²) in [5.41, 5.74) is 1.20. The smallest absolute Gasteiger partial charge is 0.191 e. The zero-order valence-corrected chi connectivity index (χ0v) is 20.2. The van der Waals surface area contributed by atoms with Gasteiger partial charge in [0.15, 0.2) is 5.96 Å². The minimum Gasteiger partial charge on any atom is -0.497 e. The Morgan fingerprint density at radius 3 is 2.54 bits per heavy atom. The third kappa shape index (κ3) is 6.46. The highest BCUT2D eigenvalue weighted by Crippen LogP contribution is 2.29. The third-order valence-electron chi connectivity index (χ3n) is 3.99. The Kier molecular flexibility index (Phi) is 9.20. The number of halogens is 1. The van der Waals surface area contributed by atoms with Crippen LogP contribution in [0.15, 0.2) is 47.6 Å². The van der Waals surface area contributed by atoms with Crippen LogP contribution in [0.4, 0.5) is 0 Å². The monoisotopic (exact) mass is 528 g/mol. The average molecular weight is 528 g/mol. The normalized spacial score (nSPS) is 11.0. The lowest BCUT2D eigenvalue weighted by atomic mass is 10.2. The van der Waals surface area contributed by atoms with Crippen LogP contribution in [0.5, 0.6) is 5.75 Å². The zero-order valence-electron chi connectivity index (χ0n) is 16.2. The number of nitrogens with one attached hydrogen (secondary N) is 2. The molecule has 2 N–H and O–H groups in total. The minimum atomic E-state index is 0. The molecular formula is C20H25IN4OS2. The zero-order chi connectivity index (χ0) is 19.1. The number of nitrogens with zero attached hydrogens (tertiary/aromatic N) is 2. The topological polar surface area (TPSA) is 58.5 Å². The highest BCUT2D eigenvalue weighted by molar-refractivity contribution is 14.0. The van der Waals surface area contributed by atoms with Gasteiger partial charge in [-0.25, -0.2) is 4.98 Å². The van der Waals surface area contributed by atoms with Crippen molar-refractivity contribution in [3.63, 3.8) is 0 Å². The maximum Gasteiger partial charge on any atom is 0.191 e. The van der Waals surface area contributed by atoms with Crippen LogP contribution in [0.2, 0.25) is 0 Å². The number of hydrogen-bond donors (Lipinski definition) is 2. The number of rotatable bonds is 7. The molecule has 0 bridgehead atoms. The predicted octanol–water partition coefficient (Wildman–Crippen LogP) is 4.71. The van der Waals surface area contributed by atoms with Crippen LogP contribution in [-0.2, 0) is 13.0 Å². The molecule has 28 heavy (non-hydrogen) atoms. The molecule has 150 valence electrons. The van der Waals surface area contributed by atoms with Gasteiger partial charge < -0.3 is 15.4 Å². The van der Waals surface area contributed by atoms with Gasteiger partial charge in [-0.3, -0.25) is 4.99 Å². The van der Waals surface area contributed by atoms with E-state index >= 15 is 0 Å². The molecular weight excluding hydrogens is 503 g/mol. The molecule has 0 atom stereocenters.